The first-order valence-corrected chi connectivity index (χ1v) is 5.28. The fraction of sp³-hybridized carbons (Fsp3) is 0. The molecular formula is C10H8N2O3S. The Balaban J connectivity index is 2.24. The van der Waals surface area contributed by atoms with Gasteiger partial charge < -0.3 is 10.2 Å². The number of carbonyl (C=O) groups excluding carboxylic acids is 1. The van der Waals surface area contributed by atoms with Crippen LogP contribution < -0.4 is 5.32 Å². The Morgan fingerprint density at radius 1 is 1.38 bits per heavy atom. The van der Waals surface area contributed by atoms with Gasteiger partial charge in [0, 0.05) is 11.6 Å². The molecule has 0 aliphatic rings. The predicted molar refractivity (Wildman–Crippen MR) is 59.8 cm³/mol. The molecule has 16 heavy (non-hydrogen) atoms. The normalized spacial score (nSPS) is 10.0. The number of para-hydroxylation sites is 1. The summed E-state index contributed by atoms with van der Waals surface area (Å²) in [4.78, 5) is 15.5. The van der Waals surface area contributed by atoms with E-state index in [1.807, 2.05) is 0 Å². The highest BCUT2D eigenvalue weighted by atomic mass is 32.1. The Bertz CT molecular complexity index is 511. The number of nitrogens with zero attached hydrogens (tertiary/aromatic N) is 1. The minimum Gasteiger partial charge on any atom is -0.504 e. The third-order valence-electron chi connectivity index (χ3n) is 1.91. The number of hydrogen-bond donors (Lipinski definition) is 3. The van der Waals surface area contributed by atoms with E-state index >= 15 is 0 Å². The van der Waals surface area contributed by atoms with Crippen LogP contribution >= 0.6 is 11.3 Å². The van der Waals surface area contributed by atoms with Crippen molar-refractivity contribution in [3.05, 3.63) is 35.3 Å². The molecule has 2 rings (SSSR count). The minimum absolute atomic E-state index is 0.00944. The summed E-state index contributed by atoms with van der Waals surface area (Å²) in [6.45, 7) is 0. The quantitative estimate of drug-likeness (QED) is 0.694. The predicted octanol–water partition coefficient (Wildman–Crippen LogP) is 1.81. The molecule has 0 fully saturated rings. The number of thiazole rings is 1. The van der Waals surface area contributed by atoms with E-state index in [9.17, 15) is 15.0 Å². The van der Waals surface area contributed by atoms with Crippen LogP contribution in [0.3, 0.4) is 0 Å². The zero-order chi connectivity index (χ0) is 11.5. The van der Waals surface area contributed by atoms with Crippen LogP contribution in [0.5, 0.6) is 11.5 Å². The molecule has 0 spiro atoms. The summed E-state index contributed by atoms with van der Waals surface area (Å²) in [6, 6.07) is 4.19. The van der Waals surface area contributed by atoms with Crippen molar-refractivity contribution in [1.82, 2.24) is 4.98 Å². The van der Waals surface area contributed by atoms with E-state index in [0.717, 1.165) is 0 Å². The lowest BCUT2D eigenvalue weighted by atomic mass is 10.2. The Morgan fingerprint density at radius 2 is 2.19 bits per heavy atom. The highest BCUT2D eigenvalue weighted by Gasteiger charge is 2.14. The molecule has 6 heteroatoms. The van der Waals surface area contributed by atoms with Crippen molar-refractivity contribution in [3.8, 4) is 11.5 Å². The van der Waals surface area contributed by atoms with Gasteiger partial charge in [0.2, 0.25) is 0 Å². The van der Waals surface area contributed by atoms with Gasteiger partial charge in [0.1, 0.15) is 0 Å². The summed E-state index contributed by atoms with van der Waals surface area (Å²) in [5, 5.41) is 23.4. The lowest BCUT2D eigenvalue weighted by molar-refractivity contribution is 0.102. The fourth-order valence-electron chi connectivity index (χ4n) is 1.16. The average Bonchev–Trinajstić information content (AvgIpc) is 2.74. The van der Waals surface area contributed by atoms with E-state index in [2.05, 4.69) is 10.3 Å². The van der Waals surface area contributed by atoms with Crippen molar-refractivity contribution in [2.75, 3.05) is 5.32 Å². The molecule has 0 atom stereocenters. The van der Waals surface area contributed by atoms with Crippen LogP contribution in [0.25, 0.3) is 0 Å². The van der Waals surface area contributed by atoms with E-state index < -0.39 is 11.7 Å². The first-order valence-electron chi connectivity index (χ1n) is 4.40. The van der Waals surface area contributed by atoms with Gasteiger partial charge >= 0.3 is 0 Å². The van der Waals surface area contributed by atoms with Gasteiger partial charge in [-0.2, -0.15) is 0 Å². The lowest BCUT2D eigenvalue weighted by Gasteiger charge is -2.05. The van der Waals surface area contributed by atoms with Crippen LogP contribution in [0.15, 0.2) is 29.8 Å². The number of anilines is 1. The number of rotatable bonds is 2. The molecule has 3 N–H and O–H groups in total. The summed E-state index contributed by atoms with van der Waals surface area (Å²) >= 11 is 1.27. The van der Waals surface area contributed by atoms with Gasteiger partial charge in [-0.1, -0.05) is 6.07 Å². The largest absolute Gasteiger partial charge is 0.504 e. The molecule has 1 heterocycles. The van der Waals surface area contributed by atoms with Crippen molar-refractivity contribution in [3.63, 3.8) is 0 Å². The summed E-state index contributed by atoms with van der Waals surface area (Å²) < 4.78 is 0. The van der Waals surface area contributed by atoms with Crippen LogP contribution in [0, 0.1) is 0 Å². The Labute approximate surface area is 95.0 Å². The smallest absolute Gasteiger partial charge is 0.261 e. The van der Waals surface area contributed by atoms with Gasteiger partial charge in [0.25, 0.3) is 5.91 Å². The number of phenols is 2. The van der Waals surface area contributed by atoms with Gasteiger partial charge in [0.05, 0.1) is 5.56 Å². The van der Waals surface area contributed by atoms with Crippen molar-refractivity contribution < 1.29 is 15.0 Å². The highest BCUT2D eigenvalue weighted by molar-refractivity contribution is 7.13. The van der Waals surface area contributed by atoms with Crippen LogP contribution in [0.1, 0.15) is 10.4 Å². The molecule has 0 aliphatic heterocycles. The molecule has 0 radical (unpaired) electrons. The number of aromatic nitrogens is 1. The van der Waals surface area contributed by atoms with Crippen LogP contribution in [-0.2, 0) is 0 Å². The molecule has 82 valence electrons. The first-order chi connectivity index (χ1) is 7.68. The number of aromatic hydroxyl groups is 2. The molecular weight excluding hydrogens is 228 g/mol. The average molecular weight is 236 g/mol. The monoisotopic (exact) mass is 236 g/mol. The summed E-state index contributed by atoms with van der Waals surface area (Å²) in [7, 11) is 0. The van der Waals surface area contributed by atoms with Crippen molar-refractivity contribution in [1.29, 1.82) is 0 Å². The van der Waals surface area contributed by atoms with E-state index in [1.165, 1.54) is 29.5 Å². The summed E-state index contributed by atoms with van der Waals surface area (Å²) in [6.07, 6.45) is 1.56. The van der Waals surface area contributed by atoms with Gasteiger partial charge in [-0.25, -0.2) is 4.98 Å². The second-order valence-corrected chi connectivity index (χ2v) is 3.86. The van der Waals surface area contributed by atoms with Gasteiger partial charge in [-0.05, 0) is 12.1 Å². The molecule has 0 unspecified atom stereocenters. The SMILES string of the molecule is O=C(Nc1nccs1)c1cccc(O)c1O. The molecule has 5 nitrogen and oxygen atoms in total. The molecule has 1 aromatic carbocycles. The van der Waals surface area contributed by atoms with Crippen LogP contribution in [-0.4, -0.2) is 21.1 Å². The number of phenolic OH excluding ortho intramolecular Hbond substituents is 2. The number of benzene rings is 1. The zero-order valence-corrected chi connectivity index (χ0v) is 8.86. The van der Waals surface area contributed by atoms with Crippen molar-refractivity contribution in [2.24, 2.45) is 0 Å². The van der Waals surface area contributed by atoms with Gasteiger partial charge in [-0.3, -0.25) is 10.1 Å². The maximum absolute atomic E-state index is 11.7. The molecule has 0 saturated carbocycles. The molecule has 1 amide bonds. The fourth-order valence-corrected chi connectivity index (χ4v) is 1.69. The second kappa shape index (κ2) is 4.19. The topological polar surface area (TPSA) is 82.5 Å². The zero-order valence-electron chi connectivity index (χ0n) is 8.04. The molecule has 0 bridgehead atoms. The van der Waals surface area contributed by atoms with Crippen molar-refractivity contribution >= 4 is 22.4 Å². The van der Waals surface area contributed by atoms with Crippen LogP contribution in [0.4, 0.5) is 5.13 Å². The Morgan fingerprint density at radius 3 is 2.88 bits per heavy atom. The maximum Gasteiger partial charge on any atom is 0.261 e. The minimum atomic E-state index is -0.511. The van der Waals surface area contributed by atoms with Gasteiger partial charge in [-0.15, -0.1) is 11.3 Å². The Kier molecular flexibility index (Phi) is 2.74. The number of carbonyl (C=O) groups is 1. The molecule has 0 aliphatic carbocycles. The Hall–Kier alpha value is -2.08. The van der Waals surface area contributed by atoms with E-state index in [4.69, 9.17) is 0 Å². The number of amides is 1. The number of nitrogens with one attached hydrogen (secondary N) is 1. The molecule has 2 aromatic rings. The van der Waals surface area contributed by atoms with Crippen molar-refractivity contribution in [2.45, 2.75) is 0 Å². The standard InChI is InChI=1S/C10H8N2O3S/c13-7-3-1-2-6(8(7)14)9(15)12-10-11-4-5-16-10/h1-5,13-14H,(H,11,12,15). The highest BCUT2D eigenvalue weighted by Crippen LogP contribution is 2.28. The summed E-state index contributed by atoms with van der Waals surface area (Å²) in [5.41, 5.74) is 0.00944. The molecule has 1 aromatic heterocycles. The van der Waals surface area contributed by atoms with E-state index in [0.29, 0.717) is 5.13 Å². The summed E-state index contributed by atoms with van der Waals surface area (Å²) in [5.74, 6) is -1.27. The van der Waals surface area contributed by atoms with E-state index in [1.54, 1.807) is 11.6 Å². The second-order valence-electron chi connectivity index (χ2n) is 2.96. The third-order valence-corrected chi connectivity index (χ3v) is 2.60. The lowest BCUT2D eigenvalue weighted by Crippen LogP contribution is -2.11. The van der Waals surface area contributed by atoms with E-state index in [-0.39, 0.29) is 11.3 Å². The van der Waals surface area contributed by atoms with Gasteiger partial charge in [0.15, 0.2) is 16.6 Å². The third kappa shape index (κ3) is 1.96. The number of hydrogen-bond acceptors (Lipinski definition) is 5. The van der Waals surface area contributed by atoms with Crippen LogP contribution in [0.2, 0.25) is 0 Å². The maximum atomic E-state index is 11.7. The molecule has 0 saturated heterocycles. The first kappa shape index (κ1) is 10.4.